The SMILES string of the molecule is CCCC1=C(C(=O)OCC)[C@H](c2cc(Br)ccc2OC)n2c(s/c(=C/c3ccccc3OCC)c2=O)=N1. The van der Waals surface area contributed by atoms with Gasteiger partial charge in [0.05, 0.1) is 36.1 Å². The van der Waals surface area contributed by atoms with Gasteiger partial charge in [-0.15, -0.1) is 0 Å². The number of esters is 1. The van der Waals surface area contributed by atoms with Gasteiger partial charge < -0.3 is 14.2 Å². The number of allylic oxidation sites excluding steroid dienone is 1. The molecule has 194 valence electrons. The molecule has 4 rings (SSSR count). The second-order valence-electron chi connectivity index (χ2n) is 8.27. The molecule has 2 aromatic carbocycles. The predicted molar refractivity (Wildman–Crippen MR) is 148 cm³/mol. The van der Waals surface area contributed by atoms with Gasteiger partial charge in [0.1, 0.15) is 17.5 Å². The molecule has 0 unspecified atom stereocenters. The Morgan fingerprint density at radius 2 is 1.92 bits per heavy atom. The van der Waals surface area contributed by atoms with Gasteiger partial charge in [-0.2, -0.15) is 0 Å². The third kappa shape index (κ3) is 5.43. The van der Waals surface area contributed by atoms with Crippen LogP contribution in [0.15, 0.2) is 68.0 Å². The summed E-state index contributed by atoms with van der Waals surface area (Å²) in [5.41, 5.74) is 2.19. The maximum Gasteiger partial charge on any atom is 0.338 e. The first-order chi connectivity index (χ1) is 17.9. The number of halogens is 1. The van der Waals surface area contributed by atoms with Crippen LogP contribution in [0.5, 0.6) is 11.5 Å². The number of aromatic nitrogens is 1. The Balaban J connectivity index is 2.04. The zero-order valence-corrected chi connectivity index (χ0v) is 23.6. The lowest BCUT2D eigenvalue weighted by molar-refractivity contribution is -0.139. The summed E-state index contributed by atoms with van der Waals surface area (Å²) in [5, 5.41) is 0. The van der Waals surface area contributed by atoms with E-state index < -0.39 is 12.0 Å². The van der Waals surface area contributed by atoms with Crippen molar-refractivity contribution >= 4 is 39.3 Å². The van der Waals surface area contributed by atoms with Gasteiger partial charge in [0, 0.05) is 15.6 Å². The molecule has 37 heavy (non-hydrogen) atoms. The molecule has 0 radical (unpaired) electrons. The van der Waals surface area contributed by atoms with Gasteiger partial charge in [-0.1, -0.05) is 58.8 Å². The molecule has 9 heteroatoms. The number of carbonyl (C=O) groups is 1. The predicted octanol–water partition coefficient (Wildman–Crippen LogP) is 4.75. The topological polar surface area (TPSA) is 79.1 Å². The quantitative estimate of drug-likeness (QED) is 0.339. The average Bonchev–Trinajstić information content (AvgIpc) is 3.19. The van der Waals surface area contributed by atoms with E-state index in [2.05, 4.69) is 15.9 Å². The van der Waals surface area contributed by atoms with Gasteiger partial charge in [0.25, 0.3) is 5.56 Å². The summed E-state index contributed by atoms with van der Waals surface area (Å²) >= 11 is 4.83. The van der Waals surface area contributed by atoms with Crippen molar-refractivity contribution in [2.75, 3.05) is 20.3 Å². The zero-order chi connectivity index (χ0) is 26.5. The van der Waals surface area contributed by atoms with Crippen molar-refractivity contribution in [3.05, 3.63) is 89.0 Å². The van der Waals surface area contributed by atoms with E-state index in [0.717, 1.165) is 16.5 Å². The maximum atomic E-state index is 14.0. The Hall–Kier alpha value is -3.17. The number of benzene rings is 2. The minimum absolute atomic E-state index is 0.211. The van der Waals surface area contributed by atoms with E-state index in [4.69, 9.17) is 19.2 Å². The number of hydrogen-bond acceptors (Lipinski definition) is 7. The first kappa shape index (κ1) is 26.9. The summed E-state index contributed by atoms with van der Waals surface area (Å²) < 4.78 is 19.8. The molecule has 0 saturated heterocycles. The molecule has 0 fully saturated rings. The van der Waals surface area contributed by atoms with Gasteiger partial charge in [0.2, 0.25) is 0 Å². The first-order valence-corrected chi connectivity index (χ1v) is 13.8. The van der Waals surface area contributed by atoms with Crippen LogP contribution in [0.25, 0.3) is 6.08 Å². The number of ether oxygens (including phenoxy) is 3. The molecule has 0 amide bonds. The highest BCUT2D eigenvalue weighted by atomic mass is 79.9. The van der Waals surface area contributed by atoms with Gasteiger partial charge >= 0.3 is 5.97 Å². The number of methoxy groups -OCH3 is 1. The van der Waals surface area contributed by atoms with Crippen molar-refractivity contribution in [2.45, 2.75) is 39.7 Å². The Kier molecular flexibility index (Phi) is 8.66. The van der Waals surface area contributed by atoms with Gasteiger partial charge in [-0.25, -0.2) is 9.79 Å². The van der Waals surface area contributed by atoms with Crippen molar-refractivity contribution < 1.29 is 19.0 Å². The molecule has 7 nitrogen and oxygen atoms in total. The third-order valence-corrected chi connectivity index (χ3v) is 7.36. The van der Waals surface area contributed by atoms with Gasteiger partial charge in [0.15, 0.2) is 4.80 Å². The van der Waals surface area contributed by atoms with E-state index in [0.29, 0.717) is 50.7 Å². The van der Waals surface area contributed by atoms with Crippen LogP contribution in [0.3, 0.4) is 0 Å². The van der Waals surface area contributed by atoms with E-state index in [1.807, 2.05) is 62.4 Å². The summed E-state index contributed by atoms with van der Waals surface area (Å²) in [6.07, 6.45) is 3.16. The number of carbonyl (C=O) groups excluding carboxylic acids is 1. The highest BCUT2D eigenvalue weighted by Crippen LogP contribution is 2.38. The van der Waals surface area contributed by atoms with E-state index in [-0.39, 0.29) is 12.2 Å². The number of hydrogen-bond donors (Lipinski definition) is 0. The molecular formula is C28H29BrN2O5S. The lowest BCUT2D eigenvalue weighted by Gasteiger charge is -2.27. The van der Waals surface area contributed by atoms with E-state index in [1.54, 1.807) is 18.6 Å². The third-order valence-electron chi connectivity index (χ3n) is 5.88. The Bertz CT molecular complexity index is 1520. The minimum Gasteiger partial charge on any atom is -0.496 e. The monoisotopic (exact) mass is 584 g/mol. The first-order valence-electron chi connectivity index (χ1n) is 12.2. The lowest BCUT2D eigenvalue weighted by Crippen LogP contribution is -2.40. The van der Waals surface area contributed by atoms with Gasteiger partial charge in [-0.05, 0) is 50.6 Å². The lowest BCUT2D eigenvalue weighted by atomic mass is 9.93. The number of fused-ring (bicyclic) bond motifs is 1. The van der Waals surface area contributed by atoms with Crippen LogP contribution in [0.2, 0.25) is 0 Å². The molecule has 0 saturated carbocycles. The van der Waals surface area contributed by atoms with Crippen LogP contribution in [0, 0.1) is 0 Å². The summed E-state index contributed by atoms with van der Waals surface area (Å²) in [6, 6.07) is 12.4. The second kappa shape index (κ2) is 11.9. The molecule has 0 spiro atoms. The standard InChI is InChI=1S/C28H29BrN2O5S/c1-5-10-20-24(27(33)36-7-3)25(19-16-18(29)13-14-22(19)34-4)31-26(32)23(37-28(31)30-20)15-17-11-8-9-12-21(17)35-6-2/h8-9,11-16,25H,5-7,10H2,1-4H3/b23-15+/t25-/m0/s1. The number of para-hydroxylation sites is 1. The van der Waals surface area contributed by atoms with Gasteiger partial charge in [-0.3, -0.25) is 9.36 Å². The summed E-state index contributed by atoms with van der Waals surface area (Å²) in [6.45, 7) is 6.43. The highest BCUT2D eigenvalue weighted by Gasteiger charge is 2.36. The molecule has 1 aliphatic rings. The molecule has 0 aliphatic carbocycles. The average molecular weight is 586 g/mol. The van der Waals surface area contributed by atoms with Crippen LogP contribution >= 0.6 is 27.3 Å². The molecule has 3 aromatic rings. The van der Waals surface area contributed by atoms with Crippen LogP contribution in [0.1, 0.15) is 50.8 Å². The molecule has 0 N–H and O–H groups in total. The molecular weight excluding hydrogens is 556 g/mol. The fourth-order valence-electron chi connectivity index (χ4n) is 4.36. The van der Waals surface area contributed by atoms with Crippen LogP contribution in [0.4, 0.5) is 0 Å². The maximum absolute atomic E-state index is 14.0. The molecule has 0 bridgehead atoms. The summed E-state index contributed by atoms with van der Waals surface area (Å²) in [4.78, 5) is 32.7. The van der Waals surface area contributed by atoms with Crippen molar-refractivity contribution in [3.63, 3.8) is 0 Å². The highest BCUT2D eigenvalue weighted by molar-refractivity contribution is 9.10. The molecule has 2 heterocycles. The Morgan fingerprint density at radius 1 is 1.14 bits per heavy atom. The number of thiazole rings is 1. The van der Waals surface area contributed by atoms with Crippen molar-refractivity contribution in [2.24, 2.45) is 4.99 Å². The fourth-order valence-corrected chi connectivity index (χ4v) is 5.75. The Labute approximate surface area is 227 Å². The van der Waals surface area contributed by atoms with E-state index in [1.165, 1.54) is 11.3 Å². The van der Waals surface area contributed by atoms with Crippen LogP contribution in [-0.4, -0.2) is 30.9 Å². The fraction of sp³-hybridized carbons (Fsp3) is 0.321. The number of nitrogens with zero attached hydrogens (tertiary/aromatic N) is 2. The molecule has 1 aromatic heterocycles. The van der Waals surface area contributed by atoms with E-state index >= 15 is 0 Å². The number of rotatable bonds is 9. The minimum atomic E-state index is -0.756. The summed E-state index contributed by atoms with van der Waals surface area (Å²) in [5.74, 6) is 0.765. The van der Waals surface area contributed by atoms with Crippen molar-refractivity contribution in [1.82, 2.24) is 4.57 Å². The summed E-state index contributed by atoms with van der Waals surface area (Å²) in [7, 11) is 1.57. The zero-order valence-electron chi connectivity index (χ0n) is 21.2. The largest absolute Gasteiger partial charge is 0.496 e. The van der Waals surface area contributed by atoms with E-state index in [9.17, 15) is 9.59 Å². The smallest absolute Gasteiger partial charge is 0.338 e. The molecule has 1 atom stereocenters. The normalized spacial score (nSPS) is 15.3. The van der Waals surface area contributed by atoms with Crippen molar-refractivity contribution in [3.8, 4) is 11.5 Å². The van der Waals surface area contributed by atoms with Crippen LogP contribution in [-0.2, 0) is 9.53 Å². The van der Waals surface area contributed by atoms with Crippen molar-refractivity contribution in [1.29, 1.82) is 0 Å². The molecule has 1 aliphatic heterocycles. The second-order valence-corrected chi connectivity index (χ2v) is 10.2. The van der Waals surface area contributed by atoms with Crippen LogP contribution < -0.4 is 24.4 Å². The Morgan fingerprint density at radius 3 is 2.62 bits per heavy atom.